The zero-order chi connectivity index (χ0) is 19.8. The summed E-state index contributed by atoms with van der Waals surface area (Å²) >= 11 is 1.30. The lowest BCUT2D eigenvalue weighted by molar-refractivity contribution is -0.166. The molecule has 0 saturated heterocycles. The fourth-order valence-corrected chi connectivity index (χ4v) is 3.98. The number of hydrogen-bond donors (Lipinski definition) is 3. The Morgan fingerprint density at radius 3 is 2.85 bits per heavy atom. The minimum Gasteiger partial charge on any atom is -0.464 e. The Labute approximate surface area is 161 Å². The molecule has 2 heterocycles. The lowest BCUT2D eigenvalue weighted by Gasteiger charge is -2.57. The molecule has 8 nitrogen and oxygen atoms in total. The summed E-state index contributed by atoms with van der Waals surface area (Å²) in [5.74, 6) is -0.722. The summed E-state index contributed by atoms with van der Waals surface area (Å²) in [6.07, 6.45) is 2.10. The summed E-state index contributed by atoms with van der Waals surface area (Å²) < 4.78 is 10.3. The lowest BCUT2D eigenvalue weighted by Crippen LogP contribution is -2.74. The van der Waals surface area contributed by atoms with E-state index in [0.717, 1.165) is 5.56 Å². The van der Waals surface area contributed by atoms with Crippen molar-refractivity contribution in [3.05, 3.63) is 23.3 Å². The molecule has 0 aromatic carbocycles. The number of rotatable bonds is 6. The van der Waals surface area contributed by atoms with Crippen LogP contribution in [-0.2, 0) is 14.3 Å². The van der Waals surface area contributed by atoms with Crippen LogP contribution < -0.4 is 11.1 Å². The van der Waals surface area contributed by atoms with E-state index < -0.39 is 16.9 Å². The molecule has 1 aliphatic rings. The summed E-state index contributed by atoms with van der Waals surface area (Å²) in [6, 6.07) is 1.65. The first kappa shape index (κ1) is 19.5. The number of carbonyl (C=O) groups excluding carboxylic acids is 2. The highest BCUT2D eigenvalue weighted by Gasteiger charge is 2.63. The van der Waals surface area contributed by atoms with E-state index in [-0.39, 0.29) is 12.0 Å². The molecule has 0 bridgehead atoms. The molecule has 2 atom stereocenters. The molecule has 0 spiro atoms. The minimum absolute atomic E-state index is 0.0401. The van der Waals surface area contributed by atoms with E-state index in [4.69, 9.17) is 10.5 Å². The number of hydrogen-bond acceptors (Lipinski definition) is 7. The van der Waals surface area contributed by atoms with Gasteiger partial charge >= 0.3 is 5.97 Å². The summed E-state index contributed by atoms with van der Waals surface area (Å²) in [7, 11) is 1.32. The predicted octanol–water partition coefficient (Wildman–Crippen LogP) is 2.40. The number of ether oxygens (including phenoxy) is 2. The van der Waals surface area contributed by atoms with Crippen LogP contribution in [0.3, 0.4) is 0 Å². The van der Waals surface area contributed by atoms with Crippen molar-refractivity contribution >= 4 is 28.3 Å². The Kier molecular flexibility index (Phi) is 5.11. The highest BCUT2D eigenvalue weighted by Crippen LogP contribution is 2.50. The number of anilines is 1. The van der Waals surface area contributed by atoms with Gasteiger partial charge in [-0.2, -0.15) is 0 Å². The van der Waals surface area contributed by atoms with Gasteiger partial charge in [-0.15, -0.1) is 11.3 Å². The number of thiazole rings is 1. The van der Waals surface area contributed by atoms with Gasteiger partial charge in [0.2, 0.25) is 5.91 Å². The molecule has 2 aromatic heterocycles. The second kappa shape index (κ2) is 7.06. The fraction of sp³-hybridized carbons (Fsp3) is 0.500. The third-order valence-electron chi connectivity index (χ3n) is 5.34. The number of amides is 1. The van der Waals surface area contributed by atoms with Gasteiger partial charge in [0.1, 0.15) is 11.2 Å². The van der Waals surface area contributed by atoms with Crippen molar-refractivity contribution in [1.29, 1.82) is 0 Å². The average Bonchev–Trinajstić information content (AvgIpc) is 3.29. The maximum atomic E-state index is 12.8. The number of esters is 1. The largest absolute Gasteiger partial charge is 0.464 e. The summed E-state index contributed by atoms with van der Waals surface area (Å²) in [5, 5.41) is 5.08. The molecular weight excluding hydrogens is 368 g/mol. The second-order valence-corrected chi connectivity index (χ2v) is 7.98. The molecule has 1 fully saturated rings. The van der Waals surface area contributed by atoms with Gasteiger partial charge in [0, 0.05) is 35.6 Å². The standard InChI is InChI=1S/C18H24N4O4S/c1-5-26-13-7-18(19,17(13,2)3)15(24)22-16-21-12(9-27-16)10-6-11(20-8-10)14(23)25-4/h6,8-9,13,20H,5,7,19H2,1-4H3,(H,21,22,24). The van der Waals surface area contributed by atoms with E-state index in [0.29, 0.717) is 29.5 Å². The number of aromatic nitrogens is 2. The quantitative estimate of drug-likeness (QED) is 0.650. The molecule has 2 aromatic rings. The van der Waals surface area contributed by atoms with E-state index >= 15 is 0 Å². The SMILES string of the molecule is CCOC1CC(N)(C(=O)Nc2nc(-c3c[nH]c(C(=O)OC)c3)cs2)C1(C)C. The zero-order valence-electron chi connectivity index (χ0n) is 15.8. The van der Waals surface area contributed by atoms with Crippen LogP contribution in [0.2, 0.25) is 0 Å². The van der Waals surface area contributed by atoms with Crippen molar-refractivity contribution in [1.82, 2.24) is 9.97 Å². The Hall–Kier alpha value is -2.23. The van der Waals surface area contributed by atoms with Crippen LogP contribution >= 0.6 is 11.3 Å². The van der Waals surface area contributed by atoms with Crippen molar-refractivity contribution in [2.45, 2.75) is 38.8 Å². The van der Waals surface area contributed by atoms with Gasteiger partial charge < -0.3 is 25.5 Å². The molecule has 1 aliphatic carbocycles. The van der Waals surface area contributed by atoms with Crippen molar-refractivity contribution < 1.29 is 19.1 Å². The third kappa shape index (κ3) is 3.26. The topological polar surface area (TPSA) is 119 Å². The molecule has 2 unspecified atom stereocenters. The molecule has 1 amide bonds. The number of nitrogens with one attached hydrogen (secondary N) is 2. The zero-order valence-corrected chi connectivity index (χ0v) is 16.6. The van der Waals surface area contributed by atoms with Crippen molar-refractivity contribution in [3.8, 4) is 11.3 Å². The molecule has 0 aliphatic heterocycles. The van der Waals surface area contributed by atoms with E-state index in [1.807, 2.05) is 20.8 Å². The van der Waals surface area contributed by atoms with Crippen LogP contribution in [0, 0.1) is 5.41 Å². The Bertz CT molecular complexity index is 859. The van der Waals surface area contributed by atoms with Crippen LogP contribution in [0.1, 0.15) is 37.7 Å². The summed E-state index contributed by atoms with van der Waals surface area (Å²) in [6.45, 7) is 6.40. The van der Waals surface area contributed by atoms with Gasteiger partial charge in [-0.25, -0.2) is 9.78 Å². The molecule has 3 rings (SSSR count). The molecule has 27 heavy (non-hydrogen) atoms. The smallest absolute Gasteiger partial charge is 0.354 e. The van der Waals surface area contributed by atoms with Gasteiger partial charge in [-0.3, -0.25) is 4.79 Å². The summed E-state index contributed by atoms with van der Waals surface area (Å²) in [4.78, 5) is 31.6. The van der Waals surface area contributed by atoms with E-state index in [1.54, 1.807) is 17.6 Å². The van der Waals surface area contributed by atoms with Gasteiger partial charge in [-0.05, 0) is 13.0 Å². The monoisotopic (exact) mass is 392 g/mol. The number of methoxy groups -OCH3 is 1. The third-order valence-corrected chi connectivity index (χ3v) is 6.10. The first-order valence-corrected chi connectivity index (χ1v) is 9.55. The van der Waals surface area contributed by atoms with Gasteiger partial charge in [0.25, 0.3) is 0 Å². The maximum absolute atomic E-state index is 12.8. The van der Waals surface area contributed by atoms with Crippen LogP contribution in [0.15, 0.2) is 17.6 Å². The highest BCUT2D eigenvalue weighted by atomic mass is 32.1. The van der Waals surface area contributed by atoms with Crippen molar-refractivity contribution in [2.75, 3.05) is 19.0 Å². The van der Waals surface area contributed by atoms with Gasteiger partial charge in [0.05, 0.1) is 18.9 Å². The maximum Gasteiger partial charge on any atom is 0.354 e. The van der Waals surface area contributed by atoms with Crippen LogP contribution in [0.25, 0.3) is 11.3 Å². The number of carbonyl (C=O) groups is 2. The average molecular weight is 392 g/mol. The molecular formula is C18H24N4O4S. The number of aromatic amines is 1. The molecule has 9 heteroatoms. The lowest BCUT2D eigenvalue weighted by atomic mass is 9.54. The van der Waals surface area contributed by atoms with Crippen LogP contribution in [-0.4, -0.2) is 47.2 Å². The molecule has 146 valence electrons. The summed E-state index contributed by atoms with van der Waals surface area (Å²) in [5.41, 5.74) is 6.63. The fourth-order valence-electron chi connectivity index (χ4n) is 3.26. The number of H-pyrrole nitrogens is 1. The first-order chi connectivity index (χ1) is 12.7. The van der Waals surface area contributed by atoms with Gasteiger partial charge in [0.15, 0.2) is 5.13 Å². The van der Waals surface area contributed by atoms with Crippen molar-refractivity contribution in [3.63, 3.8) is 0 Å². The Morgan fingerprint density at radius 1 is 1.48 bits per heavy atom. The molecule has 0 radical (unpaired) electrons. The van der Waals surface area contributed by atoms with E-state index in [2.05, 4.69) is 20.0 Å². The molecule has 1 saturated carbocycles. The second-order valence-electron chi connectivity index (χ2n) is 7.13. The Balaban J connectivity index is 1.70. The number of nitrogens with zero attached hydrogens (tertiary/aromatic N) is 1. The van der Waals surface area contributed by atoms with E-state index in [9.17, 15) is 9.59 Å². The first-order valence-electron chi connectivity index (χ1n) is 8.67. The van der Waals surface area contributed by atoms with E-state index in [1.165, 1.54) is 18.4 Å². The number of nitrogens with two attached hydrogens (primary N) is 1. The van der Waals surface area contributed by atoms with Gasteiger partial charge in [-0.1, -0.05) is 13.8 Å². The Morgan fingerprint density at radius 2 is 2.22 bits per heavy atom. The van der Waals surface area contributed by atoms with Crippen LogP contribution in [0.4, 0.5) is 5.13 Å². The normalized spacial score (nSPS) is 23.5. The highest BCUT2D eigenvalue weighted by molar-refractivity contribution is 7.14. The minimum atomic E-state index is -1.01. The molecule has 4 N–H and O–H groups in total. The van der Waals surface area contributed by atoms with Crippen LogP contribution in [0.5, 0.6) is 0 Å². The van der Waals surface area contributed by atoms with Crippen molar-refractivity contribution in [2.24, 2.45) is 11.1 Å². The predicted molar refractivity (Wildman–Crippen MR) is 103 cm³/mol.